The molecule has 6 heteroatoms. The number of nitrogens with one attached hydrogen (secondary N) is 2. The molecular weight excluding hydrogens is 384 g/mol. The zero-order valence-corrected chi connectivity index (χ0v) is 17.0. The van der Waals surface area contributed by atoms with Gasteiger partial charge in [0, 0.05) is 30.8 Å². The zero-order valence-electron chi connectivity index (χ0n) is 17.0. The van der Waals surface area contributed by atoms with Crippen LogP contribution in [0, 0.1) is 0 Å². The first-order valence-corrected chi connectivity index (χ1v) is 10.5. The van der Waals surface area contributed by atoms with E-state index in [9.17, 15) is 0 Å². The standard InChI is InChI=1S/C25H22N6/c26-19-7-5-17-11-21(30-23(17)13-19)15-1-3-16(4-2-15)22-12-18-6-8-20(14-24(18)31-22)29-25-27-9-10-28-25/h1-8,13-14H,9-12,26H2,(H2,27,28,29). The van der Waals surface area contributed by atoms with Crippen molar-refractivity contribution in [3.63, 3.8) is 0 Å². The van der Waals surface area contributed by atoms with E-state index in [1.54, 1.807) is 0 Å². The fourth-order valence-corrected chi connectivity index (χ4v) is 4.27. The Morgan fingerprint density at radius 1 is 0.774 bits per heavy atom. The molecule has 0 saturated heterocycles. The maximum absolute atomic E-state index is 5.90. The molecule has 6 rings (SSSR count). The second-order valence-electron chi connectivity index (χ2n) is 8.06. The average molecular weight is 406 g/mol. The van der Waals surface area contributed by atoms with Gasteiger partial charge in [-0.05, 0) is 46.5 Å². The first kappa shape index (κ1) is 17.9. The molecule has 0 fully saturated rings. The molecule has 0 aromatic heterocycles. The predicted molar refractivity (Wildman–Crippen MR) is 127 cm³/mol. The van der Waals surface area contributed by atoms with Gasteiger partial charge in [0.25, 0.3) is 0 Å². The summed E-state index contributed by atoms with van der Waals surface area (Å²) in [7, 11) is 0. The largest absolute Gasteiger partial charge is 0.399 e. The lowest BCUT2D eigenvalue weighted by molar-refractivity contribution is 0.959. The Hall–Kier alpha value is -3.93. The number of nitrogens with two attached hydrogens (primary N) is 1. The molecule has 0 unspecified atom stereocenters. The molecule has 31 heavy (non-hydrogen) atoms. The summed E-state index contributed by atoms with van der Waals surface area (Å²) in [6.07, 6.45) is 1.69. The highest BCUT2D eigenvalue weighted by Crippen LogP contribution is 2.33. The number of hydrogen-bond acceptors (Lipinski definition) is 6. The van der Waals surface area contributed by atoms with Crippen molar-refractivity contribution >= 4 is 40.1 Å². The molecule has 0 spiro atoms. The van der Waals surface area contributed by atoms with Crippen LogP contribution in [0.4, 0.5) is 22.7 Å². The highest BCUT2D eigenvalue weighted by molar-refractivity contribution is 6.09. The molecule has 3 aliphatic rings. The number of hydrogen-bond donors (Lipinski definition) is 3. The van der Waals surface area contributed by atoms with Gasteiger partial charge in [0.2, 0.25) is 0 Å². The average Bonchev–Trinajstić information content (AvgIpc) is 3.53. The van der Waals surface area contributed by atoms with E-state index in [1.165, 1.54) is 11.1 Å². The third-order valence-corrected chi connectivity index (χ3v) is 5.91. The smallest absolute Gasteiger partial charge is 0.195 e. The van der Waals surface area contributed by atoms with Crippen molar-refractivity contribution < 1.29 is 0 Å². The van der Waals surface area contributed by atoms with Gasteiger partial charge in [-0.3, -0.25) is 15.0 Å². The van der Waals surface area contributed by atoms with Crippen molar-refractivity contribution in [1.82, 2.24) is 5.32 Å². The number of rotatable bonds is 3. The van der Waals surface area contributed by atoms with Crippen LogP contribution in [0.15, 0.2) is 75.6 Å². The van der Waals surface area contributed by atoms with E-state index >= 15 is 0 Å². The minimum Gasteiger partial charge on any atom is -0.399 e. The van der Waals surface area contributed by atoms with Gasteiger partial charge in [-0.1, -0.05) is 36.4 Å². The van der Waals surface area contributed by atoms with Gasteiger partial charge in [-0.25, -0.2) is 0 Å². The van der Waals surface area contributed by atoms with Crippen LogP contribution in [0.25, 0.3) is 0 Å². The molecule has 0 saturated carbocycles. The molecule has 152 valence electrons. The molecule has 0 aliphatic carbocycles. The van der Waals surface area contributed by atoms with Gasteiger partial charge in [-0.15, -0.1) is 0 Å². The Morgan fingerprint density at radius 2 is 1.42 bits per heavy atom. The molecule has 0 amide bonds. The molecule has 6 nitrogen and oxygen atoms in total. The zero-order chi connectivity index (χ0) is 20.8. The van der Waals surface area contributed by atoms with Crippen LogP contribution in [0.2, 0.25) is 0 Å². The lowest BCUT2D eigenvalue weighted by Gasteiger charge is -2.07. The summed E-state index contributed by atoms with van der Waals surface area (Å²) in [4.78, 5) is 14.1. The summed E-state index contributed by atoms with van der Waals surface area (Å²) in [5.41, 5.74) is 16.6. The fourth-order valence-electron chi connectivity index (χ4n) is 4.27. The normalized spacial score (nSPS) is 16.2. The minimum absolute atomic E-state index is 0.753. The molecule has 3 aromatic rings. The van der Waals surface area contributed by atoms with Crippen molar-refractivity contribution in [3.8, 4) is 0 Å². The number of anilines is 2. The second kappa shape index (κ2) is 7.09. The van der Waals surface area contributed by atoms with Gasteiger partial charge in [0.05, 0.1) is 29.3 Å². The molecule has 0 radical (unpaired) electrons. The minimum atomic E-state index is 0.753. The van der Waals surface area contributed by atoms with E-state index in [4.69, 9.17) is 15.7 Å². The van der Waals surface area contributed by atoms with Crippen LogP contribution in [0.3, 0.4) is 0 Å². The summed E-state index contributed by atoms with van der Waals surface area (Å²) in [6.45, 7) is 1.70. The van der Waals surface area contributed by atoms with E-state index in [-0.39, 0.29) is 0 Å². The van der Waals surface area contributed by atoms with Crippen LogP contribution in [-0.2, 0) is 12.8 Å². The maximum Gasteiger partial charge on any atom is 0.195 e. The van der Waals surface area contributed by atoms with Gasteiger partial charge in [-0.2, -0.15) is 0 Å². The third kappa shape index (κ3) is 3.36. The van der Waals surface area contributed by atoms with E-state index < -0.39 is 0 Å². The van der Waals surface area contributed by atoms with Crippen LogP contribution < -0.4 is 16.4 Å². The molecule has 0 atom stereocenters. The predicted octanol–water partition coefficient (Wildman–Crippen LogP) is 3.99. The van der Waals surface area contributed by atoms with Crippen LogP contribution in [-0.4, -0.2) is 30.5 Å². The number of guanidine groups is 1. The monoisotopic (exact) mass is 406 g/mol. The number of aliphatic imine (C=N–C) groups is 3. The first-order chi connectivity index (χ1) is 15.2. The summed E-state index contributed by atoms with van der Waals surface area (Å²) in [6, 6.07) is 20.9. The van der Waals surface area contributed by atoms with Gasteiger partial charge >= 0.3 is 0 Å². The quantitative estimate of drug-likeness (QED) is 0.575. The lowest BCUT2D eigenvalue weighted by atomic mass is 9.99. The van der Waals surface area contributed by atoms with Gasteiger partial charge < -0.3 is 16.4 Å². The van der Waals surface area contributed by atoms with E-state index in [1.807, 2.05) is 12.1 Å². The van der Waals surface area contributed by atoms with Crippen molar-refractivity contribution in [2.24, 2.45) is 15.0 Å². The van der Waals surface area contributed by atoms with Gasteiger partial charge in [0.15, 0.2) is 5.96 Å². The van der Waals surface area contributed by atoms with Crippen molar-refractivity contribution in [2.45, 2.75) is 12.8 Å². The number of nitrogen functional groups attached to an aromatic ring is 1. The Balaban J connectivity index is 1.21. The van der Waals surface area contributed by atoms with Crippen molar-refractivity contribution in [1.29, 1.82) is 0 Å². The Kier molecular flexibility index (Phi) is 4.09. The van der Waals surface area contributed by atoms with E-state index in [2.05, 4.69) is 64.2 Å². The Bertz CT molecular complexity index is 1280. The topological polar surface area (TPSA) is 87.2 Å². The summed E-state index contributed by atoms with van der Waals surface area (Å²) >= 11 is 0. The summed E-state index contributed by atoms with van der Waals surface area (Å²) < 4.78 is 0. The molecule has 0 bridgehead atoms. The number of fused-ring (bicyclic) bond motifs is 2. The molecule has 3 aliphatic heterocycles. The summed E-state index contributed by atoms with van der Waals surface area (Å²) in [5.74, 6) is 0.831. The SMILES string of the molecule is Nc1ccc2c(c1)N=C(c1ccc(C3=Nc4cc(NC5=NCCN5)ccc4C3)cc1)C2. The highest BCUT2D eigenvalue weighted by Gasteiger charge is 2.19. The molecule has 4 N–H and O–H groups in total. The van der Waals surface area contributed by atoms with Crippen molar-refractivity contribution in [3.05, 3.63) is 82.9 Å². The van der Waals surface area contributed by atoms with Crippen LogP contribution >= 0.6 is 0 Å². The molecular formula is C25H22N6. The Morgan fingerprint density at radius 3 is 2.06 bits per heavy atom. The lowest BCUT2D eigenvalue weighted by Crippen LogP contribution is -2.26. The second-order valence-corrected chi connectivity index (χ2v) is 8.06. The molecule has 3 aromatic carbocycles. The Labute approximate surface area is 180 Å². The molecule has 3 heterocycles. The van der Waals surface area contributed by atoms with E-state index in [0.717, 1.165) is 77.2 Å². The van der Waals surface area contributed by atoms with E-state index in [0.29, 0.717) is 0 Å². The third-order valence-electron chi connectivity index (χ3n) is 5.91. The number of nitrogens with zero attached hydrogens (tertiary/aromatic N) is 3. The summed E-state index contributed by atoms with van der Waals surface area (Å²) in [5, 5.41) is 6.56. The van der Waals surface area contributed by atoms with Crippen LogP contribution in [0.1, 0.15) is 22.3 Å². The maximum atomic E-state index is 5.90. The highest BCUT2D eigenvalue weighted by atomic mass is 15.2. The van der Waals surface area contributed by atoms with Crippen molar-refractivity contribution in [2.75, 3.05) is 24.1 Å². The first-order valence-electron chi connectivity index (χ1n) is 10.5. The number of benzene rings is 3. The van der Waals surface area contributed by atoms with Crippen LogP contribution in [0.5, 0.6) is 0 Å². The van der Waals surface area contributed by atoms with Gasteiger partial charge in [0.1, 0.15) is 0 Å². The fraction of sp³-hybridized carbons (Fsp3) is 0.160.